The van der Waals surface area contributed by atoms with Gasteiger partial charge in [0.15, 0.2) is 0 Å². The number of hydrogen-bond acceptors (Lipinski definition) is 4. The summed E-state index contributed by atoms with van der Waals surface area (Å²) in [5, 5.41) is 23.2. The first-order valence-electron chi connectivity index (χ1n) is 2.08. The first-order chi connectivity index (χ1) is 4.15. The van der Waals surface area contributed by atoms with Crippen molar-refractivity contribution in [2.75, 3.05) is 7.11 Å². The Bertz CT molecular complexity index is 89.5. The molecule has 0 aromatic rings. The molecule has 0 aromatic heterocycles. The molecule has 8 heteroatoms. The Hall–Kier alpha value is -0.200. The predicted molar refractivity (Wildman–Crippen MR) is 41.0 cm³/mol. The third-order valence-electron chi connectivity index (χ3n) is 0. The fourth-order valence-corrected chi connectivity index (χ4v) is 0. The first kappa shape index (κ1) is 53.0. The van der Waals surface area contributed by atoms with Crippen LogP contribution in [0.1, 0.15) is 13.8 Å². The van der Waals surface area contributed by atoms with Crippen LogP contribution in [0.4, 0.5) is 0 Å². The molecule has 0 amide bonds. The summed E-state index contributed by atoms with van der Waals surface area (Å²) < 4.78 is 0. The number of aliphatic hydroxyl groups is 1. The summed E-state index contributed by atoms with van der Waals surface area (Å²) in [6, 6.07) is 1.75. The number of aliphatic hydroxyl groups excluding tert-OH is 1. The van der Waals surface area contributed by atoms with Gasteiger partial charge in [0.2, 0.25) is 0 Å². The van der Waals surface area contributed by atoms with Gasteiger partial charge in [-0.2, -0.15) is 5.26 Å². The molecule has 13 heavy (non-hydrogen) atoms. The molecule has 7 N–H and O–H groups in total. The van der Waals surface area contributed by atoms with Crippen LogP contribution >= 0.6 is 0 Å². The number of rotatable bonds is 0. The predicted octanol–water partition coefficient (Wildman–Crippen LogP) is -6.58. The number of carbonyl (C=O) groups is 1. The Morgan fingerprint density at radius 2 is 1.31 bits per heavy atom. The van der Waals surface area contributed by atoms with Gasteiger partial charge in [-0.3, -0.25) is 0 Å². The molecule has 0 aliphatic carbocycles. The smallest absolute Gasteiger partial charge is 0.550 e. The monoisotopic (exact) mass is 209 g/mol. The van der Waals surface area contributed by atoms with Crippen LogP contribution in [0.2, 0.25) is 0 Å². The van der Waals surface area contributed by atoms with E-state index in [2.05, 4.69) is 0 Å². The summed E-state index contributed by atoms with van der Waals surface area (Å²) >= 11 is 0. The van der Waals surface area contributed by atoms with Crippen molar-refractivity contribution in [3.8, 4) is 6.07 Å². The van der Waals surface area contributed by atoms with E-state index in [1.165, 1.54) is 6.92 Å². The molecule has 0 saturated carbocycles. The van der Waals surface area contributed by atoms with Gasteiger partial charge in [-0.15, -0.1) is 0 Å². The van der Waals surface area contributed by atoms with Crippen LogP contribution in [0.15, 0.2) is 0 Å². The zero-order valence-electron chi connectivity index (χ0n) is 8.21. The van der Waals surface area contributed by atoms with Gasteiger partial charge in [0.1, 0.15) is 0 Å². The summed E-state index contributed by atoms with van der Waals surface area (Å²) in [5.74, 6) is -1.08. The zero-order valence-corrected chi connectivity index (χ0v) is 10.2. The maximum atomic E-state index is 8.89. The quantitative estimate of drug-likeness (QED) is 0.389. The Balaban J connectivity index is -0.00000000749. The molecule has 0 unspecified atom stereocenters. The summed E-state index contributed by atoms with van der Waals surface area (Å²) in [6.45, 7) is 2.40. The maximum Gasteiger partial charge on any atom is 1.00 e. The summed E-state index contributed by atoms with van der Waals surface area (Å²) in [7, 11) is 1.00. The molecule has 0 spiro atoms. The number of nitriles is 1. The van der Waals surface area contributed by atoms with Crippen LogP contribution in [-0.4, -0.2) is 34.6 Å². The van der Waals surface area contributed by atoms with E-state index in [0.717, 1.165) is 14.0 Å². The fraction of sp³-hybridized carbons (Fsp3) is 0.600. The second-order valence-electron chi connectivity index (χ2n) is 0.715. The molecule has 0 saturated heterocycles. The van der Waals surface area contributed by atoms with Gasteiger partial charge in [-0.1, -0.05) is 0 Å². The van der Waals surface area contributed by atoms with Gasteiger partial charge in [-0.05, 0) is 6.92 Å². The van der Waals surface area contributed by atoms with E-state index in [1.807, 2.05) is 0 Å². The van der Waals surface area contributed by atoms with Crippen LogP contribution in [0.3, 0.4) is 0 Å². The molecule has 78 valence electrons. The van der Waals surface area contributed by atoms with Gasteiger partial charge in [0.25, 0.3) is 0 Å². The maximum absolute atomic E-state index is 8.89. The van der Waals surface area contributed by atoms with Crippen molar-refractivity contribution in [2.24, 2.45) is 0 Å². The Morgan fingerprint density at radius 1 is 1.31 bits per heavy atom. The van der Waals surface area contributed by atoms with E-state index in [1.54, 1.807) is 6.07 Å². The molecule has 7 nitrogen and oxygen atoms in total. The fourth-order valence-electron chi connectivity index (χ4n) is 0. The third kappa shape index (κ3) is 28300. The minimum Gasteiger partial charge on any atom is -0.550 e. The van der Waals surface area contributed by atoms with Crippen molar-refractivity contribution in [1.82, 2.24) is 0 Å². The van der Waals surface area contributed by atoms with Crippen LogP contribution < -0.4 is 34.7 Å². The molecule has 0 heterocycles. The molecule has 0 aliphatic rings. The second-order valence-corrected chi connectivity index (χ2v) is 0.715. The molecule has 0 aliphatic heterocycles. The van der Waals surface area contributed by atoms with Gasteiger partial charge in [0, 0.05) is 20.0 Å². The van der Waals surface area contributed by atoms with E-state index in [-0.39, 0.29) is 46.0 Å². The second kappa shape index (κ2) is 95.3. The third-order valence-corrected chi connectivity index (χ3v) is 0. The van der Waals surface area contributed by atoms with Crippen molar-refractivity contribution in [3.63, 3.8) is 0 Å². The van der Waals surface area contributed by atoms with Crippen molar-refractivity contribution in [3.05, 3.63) is 0 Å². The molecular formula is C5H16NNaO6. The van der Waals surface area contributed by atoms with Crippen molar-refractivity contribution in [1.29, 1.82) is 5.26 Å². The summed E-state index contributed by atoms with van der Waals surface area (Å²) in [4.78, 5) is 8.89. The molecule has 0 atom stereocenters. The number of aliphatic carboxylic acids is 1. The SMILES string of the molecule is CC#N.CC(=O)[O-].CO.O.O.O.[Na+]. The van der Waals surface area contributed by atoms with Crippen LogP contribution in [0.25, 0.3) is 0 Å². The first-order valence-corrected chi connectivity index (χ1v) is 2.08. The van der Waals surface area contributed by atoms with Gasteiger partial charge in [0.05, 0.1) is 6.07 Å². The number of carbonyl (C=O) groups excluding carboxylic acids is 1. The van der Waals surface area contributed by atoms with Gasteiger partial charge < -0.3 is 31.4 Å². The van der Waals surface area contributed by atoms with E-state index in [0.29, 0.717) is 0 Å². The standard InChI is InChI=1S/C2H3N.C2H4O2.CH4O.Na.3H2O/c1-2-3;1-2(3)4;1-2;;;;/h1H3;1H3,(H,3,4);2H,1H3;;3*1H2/q;;;+1;;;/p-1. The number of carboxylic acid groups (broad SMARTS) is 1. The number of carboxylic acids is 1. The van der Waals surface area contributed by atoms with Crippen molar-refractivity contribution >= 4 is 5.97 Å². The number of hydrogen-bond donors (Lipinski definition) is 1. The molecule has 0 aromatic carbocycles. The van der Waals surface area contributed by atoms with Crippen LogP contribution in [-0.2, 0) is 4.79 Å². The van der Waals surface area contributed by atoms with Gasteiger partial charge in [-0.25, -0.2) is 0 Å². The zero-order chi connectivity index (χ0) is 8.28. The largest absolute Gasteiger partial charge is 1.00 e. The van der Waals surface area contributed by atoms with Crippen LogP contribution in [0.5, 0.6) is 0 Å². The Kier molecular flexibility index (Phi) is 388. The van der Waals surface area contributed by atoms with Crippen LogP contribution in [0, 0.1) is 11.3 Å². The molecular weight excluding hydrogens is 193 g/mol. The van der Waals surface area contributed by atoms with E-state index >= 15 is 0 Å². The number of nitrogens with zero attached hydrogens (tertiary/aromatic N) is 1. The van der Waals surface area contributed by atoms with Crippen molar-refractivity contribution < 1.29 is 61.0 Å². The van der Waals surface area contributed by atoms with E-state index in [4.69, 9.17) is 20.3 Å². The van der Waals surface area contributed by atoms with E-state index in [9.17, 15) is 0 Å². The minimum absolute atomic E-state index is 0. The van der Waals surface area contributed by atoms with E-state index < -0.39 is 5.97 Å². The Morgan fingerprint density at radius 3 is 1.31 bits per heavy atom. The average Bonchev–Trinajstić information content (AvgIpc) is 1.71. The summed E-state index contributed by atoms with van der Waals surface area (Å²) in [6.07, 6.45) is 0. The topological polar surface area (TPSA) is 179 Å². The minimum atomic E-state index is -1.08. The summed E-state index contributed by atoms with van der Waals surface area (Å²) in [5.41, 5.74) is 0. The Labute approximate surface area is 99.2 Å². The average molecular weight is 209 g/mol. The molecule has 0 rings (SSSR count). The normalized spacial score (nSPS) is 3.00. The molecule has 0 fully saturated rings. The molecule has 0 radical (unpaired) electrons. The molecule has 0 bridgehead atoms. The van der Waals surface area contributed by atoms with Crippen molar-refractivity contribution in [2.45, 2.75) is 13.8 Å². The van der Waals surface area contributed by atoms with Gasteiger partial charge >= 0.3 is 29.6 Å².